The molecule has 0 bridgehead atoms. The Kier molecular flexibility index (Phi) is 17.3. The molecule has 0 aromatic rings. The predicted molar refractivity (Wildman–Crippen MR) is 94.6 cm³/mol. The Labute approximate surface area is 147 Å². The monoisotopic (exact) mass is 350 g/mol. The fourth-order valence-electron chi connectivity index (χ4n) is 2.52. The Balaban J connectivity index is 0.000000506. The van der Waals surface area contributed by atoms with E-state index in [4.69, 9.17) is 10.2 Å². The maximum atomic E-state index is 8.15. The average molecular weight is 351 g/mol. The van der Waals surface area contributed by atoms with Crippen LogP contribution >= 0.6 is 0 Å². The summed E-state index contributed by atoms with van der Waals surface area (Å²) in [5, 5.41) is 23.9. The molecular weight excluding hydrogens is 312 g/mol. The van der Waals surface area contributed by atoms with Gasteiger partial charge in [-0.15, -0.1) is 0 Å². The second kappa shape index (κ2) is 17.5. The van der Waals surface area contributed by atoms with Crippen LogP contribution < -0.4 is 5.64 Å². The minimum atomic E-state index is -0.0600. The Morgan fingerprint density at radius 2 is 1.25 bits per heavy atom. The Morgan fingerprint density at radius 3 is 1.62 bits per heavy atom. The third kappa shape index (κ3) is 11.3. The number of hydrogen-bond donors (Lipinski definition) is 3. The van der Waals surface area contributed by atoms with Gasteiger partial charge in [0.25, 0.3) is 0 Å². The summed E-state index contributed by atoms with van der Waals surface area (Å²) in [5.74, 6) is 0. The number of hydrogen-bond acceptors (Lipinski definition) is 8. The lowest BCUT2D eigenvalue weighted by Crippen LogP contribution is -2.58. The maximum absolute atomic E-state index is 8.15. The van der Waals surface area contributed by atoms with Crippen molar-refractivity contribution >= 4 is 0 Å². The van der Waals surface area contributed by atoms with Crippen molar-refractivity contribution in [1.82, 2.24) is 20.8 Å². The van der Waals surface area contributed by atoms with Crippen molar-refractivity contribution in [3.05, 3.63) is 0 Å². The first-order valence-corrected chi connectivity index (χ1v) is 9.22. The summed E-state index contributed by atoms with van der Waals surface area (Å²) in [5.41, 5.74) is 2.07. The molecule has 1 saturated heterocycles. The average Bonchev–Trinajstić information content (AvgIpc) is 2.59. The molecule has 0 unspecified atom stereocenters. The molecule has 3 N–H and O–H groups in total. The molecule has 146 valence electrons. The summed E-state index contributed by atoms with van der Waals surface area (Å²) in [6.07, 6.45) is 5.06. The molecule has 0 amide bonds. The van der Waals surface area contributed by atoms with Crippen LogP contribution in [-0.4, -0.2) is 84.5 Å². The van der Waals surface area contributed by atoms with Crippen molar-refractivity contribution in [2.45, 2.75) is 46.5 Å². The largest absolute Gasteiger partial charge is 0.394 e. The van der Waals surface area contributed by atoms with Crippen LogP contribution in [-0.2, 0) is 9.68 Å². The number of aliphatic hydroxyl groups excluding tert-OH is 2. The van der Waals surface area contributed by atoms with Gasteiger partial charge in [0.05, 0.1) is 26.4 Å². The van der Waals surface area contributed by atoms with E-state index in [2.05, 4.69) is 51.2 Å². The van der Waals surface area contributed by atoms with E-state index in [0.717, 1.165) is 0 Å². The van der Waals surface area contributed by atoms with Gasteiger partial charge in [-0.25, -0.2) is 10.0 Å². The van der Waals surface area contributed by atoms with Gasteiger partial charge in [-0.05, 0) is 25.7 Å². The van der Waals surface area contributed by atoms with Crippen LogP contribution in [0.25, 0.3) is 0 Å². The first-order chi connectivity index (χ1) is 11.7. The molecule has 24 heavy (non-hydrogen) atoms. The van der Waals surface area contributed by atoms with Crippen LogP contribution in [0.5, 0.6) is 0 Å². The van der Waals surface area contributed by atoms with Crippen LogP contribution in [0, 0.1) is 0 Å². The van der Waals surface area contributed by atoms with E-state index in [1.54, 1.807) is 0 Å². The van der Waals surface area contributed by atoms with E-state index in [1.807, 2.05) is 0 Å². The molecule has 0 spiro atoms. The molecule has 8 heteroatoms. The first kappa shape index (κ1) is 23.7. The van der Waals surface area contributed by atoms with E-state index < -0.39 is 0 Å². The fraction of sp³-hybridized carbons (Fsp3) is 1.00. The third-order valence-electron chi connectivity index (χ3n) is 3.38. The van der Waals surface area contributed by atoms with Gasteiger partial charge in [0, 0.05) is 32.7 Å². The predicted octanol–water partition coefficient (Wildman–Crippen LogP) is 0.780. The van der Waals surface area contributed by atoms with Gasteiger partial charge in [0.2, 0.25) is 0 Å². The molecule has 0 radical (unpaired) electrons. The van der Waals surface area contributed by atoms with Crippen LogP contribution in [0.15, 0.2) is 0 Å². The topological polar surface area (TPSA) is 80.7 Å². The Bertz CT molecular complexity index is 238. The molecule has 0 aliphatic carbocycles. The molecule has 8 nitrogen and oxygen atoms in total. The van der Waals surface area contributed by atoms with Crippen molar-refractivity contribution in [1.29, 1.82) is 0 Å². The van der Waals surface area contributed by atoms with Gasteiger partial charge < -0.3 is 10.2 Å². The molecular formula is C16H38N4O4. The van der Waals surface area contributed by atoms with Crippen LogP contribution in [0.1, 0.15) is 46.5 Å². The summed E-state index contributed by atoms with van der Waals surface area (Å²) >= 11 is 0. The fourth-order valence-corrected chi connectivity index (χ4v) is 2.52. The maximum Gasteiger partial charge on any atom is 0.0940 e. The number of nitrogens with zero attached hydrogens (tertiary/aromatic N) is 3. The lowest BCUT2D eigenvalue weighted by Gasteiger charge is -2.46. The number of hydrazine groups is 2. The van der Waals surface area contributed by atoms with Gasteiger partial charge in [-0.1, -0.05) is 26.4 Å². The number of aliphatic hydroxyl groups is 2. The normalized spacial score (nSPS) is 16.9. The zero-order valence-corrected chi connectivity index (χ0v) is 15.7. The van der Waals surface area contributed by atoms with Crippen molar-refractivity contribution in [2.75, 3.05) is 59.2 Å². The van der Waals surface area contributed by atoms with Gasteiger partial charge in [-0.3, -0.25) is 9.68 Å². The second-order valence-electron chi connectivity index (χ2n) is 5.58. The van der Waals surface area contributed by atoms with E-state index in [0.29, 0.717) is 0 Å². The minimum absolute atomic E-state index is 0.0600. The molecule has 0 saturated carbocycles. The molecule has 1 rings (SSSR count). The highest BCUT2D eigenvalue weighted by Crippen LogP contribution is 2.14. The highest BCUT2D eigenvalue weighted by molar-refractivity contribution is 4.65. The lowest BCUT2D eigenvalue weighted by molar-refractivity contribution is -0.210. The first-order valence-electron chi connectivity index (χ1n) is 9.22. The summed E-state index contributed by atoms with van der Waals surface area (Å²) in [4.78, 5) is 8.90. The summed E-state index contributed by atoms with van der Waals surface area (Å²) in [7, 11) is 0. The van der Waals surface area contributed by atoms with Gasteiger partial charge >= 0.3 is 0 Å². The van der Waals surface area contributed by atoms with Crippen LogP contribution in [0.3, 0.4) is 0 Å². The van der Waals surface area contributed by atoms with E-state index in [-0.39, 0.29) is 26.4 Å². The second-order valence-corrected chi connectivity index (χ2v) is 5.58. The third-order valence-corrected chi connectivity index (χ3v) is 3.38. The SMILES string of the molecule is CCCN1CCCN(CCC)N1CCC.OCCONOCCO. The number of rotatable bonds is 12. The van der Waals surface area contributed by atoms with E-state index in [9.17, 15) is 0 Å². The standard InChI is InChI=1S/C12H27N3.C4H11NO4/c1-4-8-13-11-7-12-14(9-5-2)15(13)10-6-3;6-1-3-8-5-9-4-2-7/h4-12H2,1-3H3;5-7H,1-4H2. The van der Waals surface area contributed by atoms with Gasteiger partial charge in [0.1, 0.15) is 0 Å². The van der Waals surface area contributed by atoms with Crippen LogP contribution in [0.2, 0.25) is 0 Å². The molecule has 0 aromatic heterocycles. The molecule has 1 heterocycles. The van der Waals surface area contributed by atoms with Crippen LogP contribution in [0.4, 0.5) is 0 Å². The summed E-state index contributed by atoms with van der Waals surface area (Å²) in [6.45, 7) is 13.1. The summed E-state index contributed by atoms with van der Waals surface area (Å²) < 4.78 is 0. The van der Waals surface area contributed by atoms with Crippen molar-refractivity contribution < 1.29 is 19.9 Å². The van der Waals surface area contributed by atoms with Crippen molar-refractivity contribution in [3.8, 4) is 0 Å². The molecule has 1 aliphatic heterocycles. The van der Waals surface area contributed by atoms with Gasteiger partial charge in [0.15, 0.2) is 0 Å². The molecule has 1 aliphatic rings. The number of nitrogens with one attached hydrogen (secondary N) is 1. The molecule has 1 fully saturated rings. The summed E-state index contributed by atoms with van der Waals surface area (Å²) in [6, 6.07) is 0. The van der Waals surface area contributed by atoms with E-state index in [1.165, 1.54) is 58.4 Å². The molecule has 0 atom stereocenters. The smallest absolute Gasteiger partial charge is 0.0940 e. The van der Waals surface area contributed by atoms with Crippen molar-refractivity contribution in [2.24, 2.45) is 0 Å². The van der Waals surface area contributed by atoms with Crippen molar-refractivity contribution in [3.63, 3.8) is 0 Å². The Morgan fingerprint density at radius 1 is 0.792 bits per heavy atom. The molecule has 0 aromatic carbocycles. The lowest BCUT2D eigenvalue weighted by atomic mass is 10.3. The highest BCUT2D eigenvalue weighted by Gasteiger charge is 2.24. The van der Waals surface area contributed by atoms with E-state index >= 15 is 0 Å². The quantitative estimate of drug-likeness (QED) is 0.352. The Hall–Kier alpha value is -0.320. The highest BCUT2D eigenvalue weighted by atomic mass is 16.9. The van der Waals surface area contributed by atoms with Gasteiger partial charge in [-0.2, -0.15) is 5.12 Å². The zero-order chi connectivity index (χ0) is 18.0. The zero-order valence-electron chi connectivity index (χ0n) is 15.7. The minimum Gasteiger partial charge on any atom is -0.394 e.